The van der Waals surface area contributed by atoms with E-state index in [1.54, 1.807) is 12.1 Å². The molecule has 2 rings (SSSR count). The molecule has 2 aromatic rings. The Morgan fingerprint density at radius 1 is 1.10 bits per heavy atom. The summed E-state index contributed by atoms with van der Waals surface area (Å²) in [5, 5.41) is 3.57. The minimum Gasteiger partial charge on any atom is -0.310 e. The molecule has 0 bridgehead atoms. The smallest absolute Gasteiger partial charge is 0.125 e. The molecule has 0 aliphatic carbocycles. The molecule has 1 atom stereocenters. The van der Waals surface area contributed by atoms with Gasteiger partial charge in [0.05, 0.1) is 0 Å². The molecule has 1 unspecified atom stereocenters. The molecular formula is C16H16ClF2N. The molecule has 0 aliphatic rings. The lowest BCUT2D eigenvalue weighted by Crippen LogP contribution is -2.18. The molecule has 106 valence electrons. The van der Waals surface area contributed by atoms with Crippen LogP contribution in [-0.4, -0.2) is 6.54 Å². The quantitative estimate of drug-likeness (QED) is 0.841. The van der Waals surface area contributed by atoms with E-state index >= 15 is 0 Å². The van der Waals surface area contributed by atoms with Crippen molar-refractivity contribution >= 4 is 11.6 Å². The maximum absolute atomic E-state index is 13.5. The molecule has 0 saturated heterocycles. The fourth-order valence-corrected chi connectivity index (χ4v) is 2.50. The van der Waals surface area contributed by atoms with Gasteiger partial charge in [0.15, 0.2) is 0 Å². The SMILES string of the molecule is CCNC(C)c1ccc(F)cc1-c1cc(F)cc(Cl)c1. The molecular weight excluding hydrogens is 280 g/mol. The Morgan fingerprint density at radius 3 is 2.50 bits per heavy atom. The summed E-state index contributed by atoms with van der Waals surface area (Å²) >= 11 is 5.88. The Kier molecular flexibility index (Phi) is 4.73. The van der Waals surface area contributed by atoms with Crippen LogP contribution in [0.25, 0.3) is 11.1 Å². The van der Waals surface area contributed by atoms with Gasteiger partial charge in [-0.3, -0.25) is 0 Å². The summed E-state index contributed by atoms with van der Waals surface area (Å²) in [5.74, 6) is -0.786. The van der Waals surface area contributed by atoms with Crippen molar-refractivity contribution in [1.29, 1.82) is 0 Å². The number of hydrogen-bond acceptors (Lipinski definition) is 1. The molecule has 0 radical (unpaired) electrons. The number of rotatable bonds is 4. The van der Waals surface area contributed by atoms with Gasteiger partial charge < -0.3 is 5.32 Å². The van der Waals surface area contributed by atoms with Gasteiger partial charge in [-0.2, -0.15) is 0 Å². The molecule has 0 saturated carbocycles. The van der Waals surface area contributed by atoms with Gasteiger partial charge in [0.1, 0.15) is 11.6 Å². The first-order valence-corrected chi connectivity index (χ1v) is 6.88. The maximum Gasteiger partial charge on any atom is 0.125 e. The van der Waals surface area contributed by atoms with E-state index in [4.69, 9.17) is 11.6 Å². The van der Waals surface area contributed by atoms with Crippen molar-refractivity contribution in [3.63, 3.8) is 0 Å². The Bertz CT molecular complexity index is 593. The van der Waals surface area contributed by atoms with Gasteiger partial charge in [-0.15, -0.1) is 0 Å². The first kappa shape index (κ1) is 14.9. The molecule has 0 spiro atoms. The highest BCUT2D eigenvalue weighted by atomic mass is 35.5. The van der Waals surface area contributed by atoms with Crippen LogP contribution in [0.15, 0.2) is 36.4 Å². The first-order chi connectivity index (χ1) is 9.51. The van der Waals surface area contributed by atoms with E-state index in [9.17, 15) is 8.78 Å². The van der Waals surface area contributed by atoms with Crippen LogP contribution in [0.1, 0.15) is 25.5 Å². The summed E-state index contributed by atoms with van der Waals surface area (Å²) in [5.41, 5.74) is 2.14. The van der Waals surface area contributed by atoms with Crippen molar-refractivity contribution in [1.82, 2.24) is 5.32 Å². The minimum absolute atomic E-state index is 0.0395. The molecule has 1 N–H and O–H groups in total. The Labute approximate surface area is 122 Å². The zero-order valence-corrected chi connectivity index (χ0v) is 12.1. The van der Waals surface area contributed by atoms with E-state index in [2.05, 4.69) is 5.32 Å². The minimum atomic E-state index is -0.432. The third-order valence-corrected chi connectivity index (χ3v) is 3.38. The third-order valence-electron chi connectivity index (χ3n) is 3.17. The van der Waals surface area contributed by atoms with Crippen molar-refractivity contribution < 1.29 is 8.78 Å². The molecule has 0 amide bonds. The van der Waals surface area contributed by atoms with Crippen molar-refractivity contribution in [3.8, 4) is 11.1 Å². The highest BCUT2D eigenvalue weighted by Gasteiger charge is 2.13. The summed E-state index contributed by atoms with van der Waals surface area (Å²) < 4.78 is 27.0. The van der Waals surface area contributed by atoms with Crippen LogP contribution in [0.4, 0.5) is 8.78 Å². The van der Waals surface area contributed by atoms with E-state index in [-0.39, 0.29) is 11.9 Å². The van der Waals surface area contributed by atoms with Crippen LogP contribution < -0.4 is 5.32 Å². The Morgan fingerprint density at radius 2 is 1.85 bits per heavy atom. The average molecular weight is 296 g/mol. The maximum atomic E-state index is 13.5. The number of benzene rings is 2. The summed E-state index contributed by atoms with van der Waals surface area (Å²) in [6.07, 6.45) is 0. The van der Waals surface area contributed by atoms with Crippen LogP contribution in [0.5, 0.6) is 0 Å². The van der Waals surface area contributed by atoms with Crippen molar-refractivity contribution in [2.75, 3.05) is 6.54 Å². The fraction of sp³-hybridized carbons (Fsp3) is 0.250. The highest BCUT2D eigenvalue weighted by molar-refractivity contribution is 6.30. The predicted molar refractivity (Wildman–Crippen MR) is 78.9 cm³/mol. The lowest BCUT2D eigenvalue weighted by Gasteiger charge is -2.18. The van der Waals surface area contributed by atoms with Crippen molar-refractivity contribution in [3.05, 3.63) is 58.6 Å². The molecule has 1 nitrogen and oxygen atoms in total. The predicted octanol–water partition coefficient (Wildman–Crippen LogP) is 4.96. The van der Waals surface area contributed by atoms with Crippen LogP contribution >= 0.6 is 11.6 Å². The van der Waals surface area contributed by atoms with E-state index in [1.165, 1.54) is 24.3 Å². The number of halogens is 3. The van der Waals surface area contributed by atoms with Gasteiger partial charge in [-0.25, -0.2) is 8.78 Å². The lowest BCUT2D eigenvalue weighted by molar-refractivity contribution is 0.593. The van der Waals surface area contributed by atoms with Gasteiger partial charge in [-0.05, 0) is 60.5 Å². The molecule has 4 heteroatoms. The molecule has 0 aliphatic heterocycles. The van der Waals surface area contributed by atoms with Crippen LogP contribution in [-0.2, 0) is 0 Å². The van der Waals surface area contributed by atoms with Crippen LogP contribution in [0, 0.1) is 11.6 Å². The van der Waals surface area contributed by atoms with Crippen molar-refractivity contribution in [2.24, 2.45) is 0 Å². The topological polar surface area (TPSA) is 12.0 Å². The molecule has 20 heavy (non-hydrogen) atoms. The summed E-state index contributed by atoms with van der Waals surface area (Å²) in [4.78, 5) is 0. The molecule has 2 aromatic carbocycles. The average Bonchev–Trinajstić information content (AvgIpc) is 2.37. The standard InChI is InChI=1S/C16H16ClF2N/c1-3-20-10(2)15-5-4-13(18)9-16(15)11-6-12(17)8-14(19)7-11/h4-10,20H,3H2,1-2H3. The van der Waals surface area contributed by atoms with Gasteiger partial charge in [0, 0.05) is 11.1 Å². The summed E-state index contributed by atoms with van der Waals surface area (Å²) in [7, 11) is 0. The Hall–Kier alpha value is -1.45. The monoisotopic (exact) mass is 295 g/mol. The van der Waals surface area contributed by atoms with Crippen LogP contribution in [0.2, 0.25) is 5.02 Å². The van der Waals surface area contributed by atoms with Gasteiger partial charge >= 0.3 is 0 Å². The molecule has 0 heterocycles. The van der Waals surface area contributed by atoms with Crippen LogP contribution in [0.3, 0.4) is 0 Å². The van der Waals surface area contributed by atoms with Gasteiger partial charge in [0.2, 0.25) is 0 Å². The van der Waals surface area contributed by atoms with E-state index in [1.807, 2.05) is 13.8 Å². The van der Waals surface area contributed by atoms with E-state index in [0.29, 0.717) is 16.1 Å². The number of nitrogens with one attached hydrogen (secondary N) is 1. The summed E-state index contributed by atoms with van der Waals surface area (Å²) in [6.45, 7) is 4.78. The van der Waals surface area contributed by atoms with E-state index < -0.39 is 5.82 Å². The molecule has 0 aromatic heterocycles. The zero-order chi connectivity index (χ0) is 14.7. The fourth-order valence-electron chi connectivity index (χ4n) is 2.28. The van der Waals surface area contributed by atoms with Crippen molar-refractivity contribution in [2.45, 2.75) is 19.9 Å². The lowest BCUT2D eigenvalue weighted by atomic mass is 9.95. The third kappa shape index (κ3) is 3.35. The highest BCUT2D eigenvalue weighted by Crippen LogP contribution is 2.31. The largest absolute Gasteiger partial charge is 0.310 e. The number of hydrogen-bond donors (Lipinski definition) is 1. The van der Waals surface area contributed by atoms with E-state index in [0.717, 1.165) is 12.1 Å². The normalized spacial score (nSPS) is 12.4. The summed E-state index contributed by atoms with van der Waals surface area (Å²) in [6, 6.07) is 8.82. The second-order valence-electron chi connectivity index (χ2n) is 4.67. The Balaban J connectivity index is 2.56. The molecule has 0 fully saturated rings. The second kappa shape index (κ2) is 6.33. The van der Waals surface area contributed by atoms with Gasteiger partial charge in [-0.1, -0.05) is 24.6 Å². The second-order valence-corrected chi connectivity index (χ2v) is 5.11. The zero-order valence-electron chi connectivity index (χ0n) is 11.4. The van der Waals surface area contributed by atoms with Gasteiger partial charge in [0.25, 0.3) is 0 Å². The first-order valence-electron chi connectivity index (χ1n) is 6.50.